The van der Waals surface area contributed by atoms with Gasteiger partial charge in [-0.25, -0.2) is 0 Å². The summed E-state index contributed by atoms with van der Waals surface area (Å²) in [6, 6.07) is 6.28. The fourth-order valence-corrected chi connectivity index (χ4v) is 2.48. The van der Waals surface area contributed by atoms with Crippen molar-refractivity contribution in [1.29, 1.82) is 0 Å². The maximum atomic E-state index is 12.2. The molecule has 1 aliphatic rings. The van der Waals surface area contributed by atoms with Crippen molar-refractivity contribution in [3.63, 3.8) is 0 Å². The zero-order valence-electron chi connectivity index (χ0n) is 13.0. The van der Waals surface area contributed by atoms with E-state index in [1.165, 1.54) is 5.56 Å². The second kappa shape index (κ2) is 8.25. The number of hydrogen-bond donors (Lipinski definition) is 1. The van der Waals surface area contributed by atoms with Gasteiger partial charge in [-0.15, -0.1) is 12.4 Å². The van der Waals surface area contributed by atoms with E-state index in [0.29, 0.717) is 13.0 Å². The second-order valence-electron chi connectivity index (χ2n) is 5.44. The van der Waals surface area contributed by atoms with Gasteiger partial charge in [-0.2, -0.15) is 0 Å². The molecule has 118 valence electrons. The molecule has 21 heavy (non-hydrogen) atoms. The molecule has 1 N–H and O–H groups in total. The number of rotatable bonds is 4. The zero-order chi connectivity index (χ0) is 14.5. The van der Waals surface area contributed by atoms with E-state index in [-0.39, 0.29) is 24.4 Å². The lowest BCUT2D eigenvalue weighted by atomic mass is 10.1. The largest absolute Gasteiger partial charge is 0.493 e. The third-order valence-electron chi connectivity index (χ3n) is 3.95. The smallest absolute Gasteiger partial charge is 0.226 e. The normalized spacial score (nSPS) is 18.0. The van der Waals surface area contributed by atoms with Crippen LogP contribution in [0.5, 0.6) is 5.75 Å². The molecule has 0 aromatic heterocycles. The molecule has 0 aliphatic carbocycles. The van der Waals surface area contributed by atoms with Gasteiger partial charge < -0.3 is 15.0 Å². The van der Waals surface area contributed by atoms with Crippen LogP contribution in [0.1, 0.15) is 24.5 Å². The van der Waals surface area contributed by atoms with Gasteiger partial charge in [-0.1, -0.05) is 12.1 Å². The molecule has 2 rings (SSSR count). The maximum Gasteiger partial charge on any atom is 0.226 e. The van der Waals surface area contributed by atoms with Crippen LogP contribution in [0.25, 0.3) is 0 Å². The molecule has 4 nitrogen and oxygen atoms in total. The van der Waals surface area contributed by atoms with Crippen LogP contribution in [0.3, 0.4) is 0 Å². The number of hydrogen-bond acceptors (Lipinski definition) is 3. The third-order valence-corrected chi connectivity index (χ3v) is 3.95. The van der Waals surface area contributed by atoms with E-state index in [1.54, 1.807) is 0 Å². The molecular weight excluding hydrogens is 288 g/mol. The van der Waals surface area contributed by atoms with Gasteiger partial charge in [0.05, 0.1) is 13.0 Å². The summed E-state index contributed by atoms with van der Waals surface area (Å²) in [6.07, 6.45) is 0.442. The van der Waals surface area contributed by atoms with Crippen molar-refractivity contribution in [3.05, 3.63) is 29.3 Å². The lowest BCUT2D eigenvalue weighted by Gasteiger charge is -2.34. The maximum absolute atomic E-state index is 12.2. The van der Waals surface area contributed by atoms with Gasteiger partial charge in [0, 0.05) is 25.7 Å². The quantitative estimate of drug-likeness (QED) is 0.927. The van der Waals surface area contributed by atoms with Gasteiger partial charge in [0.1, 0.15) is 5.75 Å². The van der Waals surface area contributed by atoms with E-state index >= 15 is 0 Å². The van der Waals surface area contributed by atoms with E-state index in [1.807, 2.05) is 24.0 Å². The molecule has 1 aromatic rings. The number of piperazine rings is 1. The van der Waals surface area contributed by atoms with Crippen molar-refractivity contribution < 1.29 is 9.53 Å². The Bertz CT molecular complexity index is 479. The monoisotopic (exact) mass is 312 g/mol. The first kappa shape index (κ1) is 17.8. The summed E-state index contributed by atoms with van der Waals surface area (Å²) in [5.74, 6) is 1.07. The first-order valence-electron chi connectivity index (χ1n) is 7.29. The summed E-state index contributed by atoms with van der Waals surface area (Å²) < 4.78 is 5.75. The Hall–Kier alpha value is -1.26. The number of ether oxygens (including phenoxy) is 1. The lowest BCUT2D eigenvalue weighted by Crippen LogP contribution is -2.52. The summed E-state index contributed by atoms with van der Waals surface area (Å²) in [5.41, 5.74) is 2.36. The van der Waals surface area contributed by atoms with Crippen LogP contribution in [0.2, 0.25) is 0 Å². The van der Waals surface area contributed by atoms with Crippen molar-refractivity contribution in [1.82, 2.24) is 10.2 Å². The number of carbonyl (C=O) groups is 1. The number of nitrogens with one attached hydrogen (secondary N) is 1. The minimum atomic E-state index is 0. The van der Waals surface area contributed by atoms with Crippen molar-refractivity contribution in [2.45, 2.75) is 33.2 Å². The molecule has 1 unspecified atom stereocenters. The Morgan fingerprint density at radius 1 is 1.43 bits per heavy atom. The van der Waals surface area contributed by atoms with Crippen LogP contribution in [-0.2, 0) is 4.79 Å². The predicted molar refractivity (Wildman–Crippen MR) is 87.3 cm³/mol. The number of benzene rings is 1. The van der Waals surface area contributed by atoms with Gasteiger partial charge in [0.25, 0.3) is 0 Å². The molecule has 0 radical (unpaired) electrons. The number of aryl methyl sites for hydroxylation is 1. The minimum absolute atomic E-state index is 0. The summed E-state index contributed by atoms with van der Waals surface area (Å²) in [6.45, 7) is 9.19. The zero-order valence-corrected chi connectivity index (χ0v) is 13.8. The van der Waals surface area contributed by atoms with Gasteiger partial charge in [0.2, 0.25) is 5.91 Å². The first-order valence-corrected chi connectivity index (χ1v) is 7.29. The summed E-state index contributed by atoms with van der Waals surface area (Å²) >= 11 is 0. The molecular formula is C16H25ClN2O2. The molecule has 1 aromatic carbocycles. The summed E-state index contributed by atoms with van der Waals surface area (Å²) in [4.78, 5) is 14.1. The minimum Gasteiger partial charge on any atom is -0.493 e. The van der Waals surface area contributed by atoms with Crippen LogP contribution in [0, 0.1) is 13.8 Å². The van der Waals surface area contributed by atoms with Crippen LogP contribution < -0.4 is 10.1 Å². The summed E-state index contributed by atoms with van der Waals surface area (Å²) in [5, 5.41) is 3.29. The molecule has 1 saturated heterocycles. The van der Waals surface area contributed by atoms with E-state index in [2.05, 4.69) is 25.2 Å². The van der Waals surface area contributed by atoms with E-state index in [9.17, 15) is 4.79 Å². The van der Waals surface area contributed by atoms with E-state index in [0.717, 1.165) is 30.9 Å². The SMILES string of the molecule is Cc1cccc(OCCC(=O)N2CCNCC2C)c1C.Cl. The van der Waals surface area contributed by atoms with Crippen molar-refractivity contribution in [2.75, 3.05) is 26.2 Å². The molecule has 0 saturated carbocycles. The van der Waals surface area contributed by atoms with Crippen molar-refractivity contribution in [3.8, 4) is 5.75 Å². The van der Waals surface area contributed by atoms with Gasteiger partial charge in [-0.3, -0.25) is 4.79 Å². The Balaban J connectivity index is 0.00000220. The number of carbonyl (C=O) groups excluding carboxylic acids is 1. The predicted octanol–water partition coefficient (Wildman–Crippen LogP) is 2.31. The second-order valence-corrected chi connectivity index (χ2v) is 5.44. The number of amides is 1. The van der Waals surface area contributed by atoms with Gasteiger partial charge >= 0.3 is 0 Å². The number of nitrogens with zero attached hydrogens (tertiary/aromatic N) is 1. The highest BCUT2D eigenvalue weighted by atomic mass is 35.5. The molecule has 1 fully saturated rings. The standard InChI is InChI=1S/C16H24N2O2.ClH/c1-12-5-4-6-15(14(12)3)20-10-7-16(19)18-9-8-17-11-13(18)2;/h4-6,13,17H,7-11H2,1-3H3;1H. The van der Waals surface area contributed by atoms with Gasteiger partial charge in [0.15, 0.2) is 0 Å². The van der Waals surface area contributed by atoms with Crippen molar-refractivity contribution >= 4 is 18.3 Å². The van der Waals surface area contributed by atoms with Crippen molar-refractivity contribution in [2.24, 2.45) is 0 Å². The summed E-state index contributed by atoms with van der Waals surface area (Å²) in [7, 11) is 0. The van der Waals surface area contributed by atoms with Crippen LogP contribution in [0.4, 0.5) is 0 Å². The first-order chi connectivity index (χ1) is 9.59. The Kier molecular flexibility index (Phi) is 6.99. The Labute approximate surface area is 133 Å². The Morgan fingerprint density at radius 2 is 2.19 bits per heavy atom. The fourth-order valence-electron chi connectivity index (χ4n) is 2.48. The van der Waals surface area contributed by atoms with E-state index in [4.69, 9.17) is 4.74 Å². The highest BCUT2D eigenvalue weighted by Gasteiger charge is 2.22. The fraction of sp³-hybridized carbons (Fsp3) is 0.562. The molecule has 0 spiro atoms. The highest BCUT2D eigenvalue weighted by molar-refractivity contribution is 5.85. The van der Waals surface area contributed by atoms with Crippen LogP contribution in [-0.4, -0.2) is 43.1 Å². The average Bonchev–Trinajstić information content (AvgIpc) is 2.44. The molecule has 0 bridgehead atoms. The van der Waals surface area contributed by atoms with E-state index < -0.39 is 0 Å². The lowest BCUT2D eigenvalue weighted by molar-refractivity contribution is -0.134. The third kappa shape index (κ3) is 4.61. The topological polar surface area (TPSA) is 41.6 Å². The molecule has 1 heterocycles. The molecule has 1 atom stereocenters. The van der Waals surface area contributed by atoms with Crippen LogP contribution >= 0.6 is 12.4 Å². The average molecular weight is 313 g/mol. The Morgan fingerprint density at radius 3 is 2.90 bits per heavy atom. The number of halogens is 1. The van der Waals surface area contributed by atoms with Crippen LogP contribution in [0.15, 0.2) is 18.2 Å². The molecule has 1 amide bonds. The van der Waals surface area contributed by atoms with Gasteiger partial charge in [-0.05, 0) is 38.0 Å². The molecule has 1 aliphatic heterocycles. The highest BCUT2D eigenvalue weighted by Crippen LogP contribution is 2.20. The molecule has 5 heteroatoms.